The van der Waals surface area contributed by atoms with Gasteiger partial charge in [0.15, 0.2) is 0 Å². The molecule has 4 nitrogen and oxygen atoms in total. The Morgan fingerprint density at radius 2 is 1.64 bits per heavy atom. The SMILES string of the molecule is C=C(N)NCCCC(C)NC(=CCC)C(C)C(CCCCC)NC(=C)C(C)C. The van der Waals surface area contributed by atoms with E-state index in [-0.39, 0.29) is 0 Å². The molecule has 0 rings (SSSR count). The van der Waals surface area contributed by atoms with E-state index < -0.39 is 0 Å². The van der Waals surface area contributed by atoms with Crippen LogP contribution >= 0.6 is 0 Å². The molecule has 0 spiro atoms. The van der Waals surface area contributed by atoms with Crippen LogP contribution in [0.3, 0.4) is 0 Å². The smallest absolute Gasteiger partial charge is 0.0885 e. The van der Waals surface area contributed by atoms with Gasteiger partial charge in [0.2, 0.25) is 0 Å². The third-order valence-corrected chi connectivity index (χ3v) is 5.28. The average Bonchev–Trinajstić information content (AvgIpc) is 2.63. The van der Waals surface area contributed by atoms with Crippen molar-refractivity contribution in [2.45, 2.75) is 98.6 Å². The third-order valence-electron chi connectivity index (χ3n) is 5.28. The number of nitrogens with one attached hydrogen (secondary N) is 3. The van der Waals surface area contributed by atoms with Gasteiger partial charge in [-0.05, 0) is 38.5 Å². The second kappa shape index (κ2) is 15.4. The van der Waals surface area contributed by atoms with Gasteiger partial charge in [0.1, 0.15) is 0 Å². The molecule has 3 unspecified atom stereocenters. The van der Waals surface area contributed by atoms with Crippen molar-refractivity contribution >= 4 is 0 Å². The summed E-state index contributed by atoms with van der Waals surface area (Å²) in [6, 6.07) is 0.846. The lowest BCUT2D eigenvalue weighted by Gasteiger charge is -2.32. The van der Waals surface area contributed by atoms with Gasteiger partial charge in [-0.1, -0.05) is 73.1 Å². The molecule has 0 aromatic heterocycles. The first-order chi connectivity index (χ1) is 13.2. The predicted molar refractivity (Wildman–Crippen MR) is 126 cm³/mol. The van der Waals surface area contributed by atoms with Gasteiger partial charge in [-0.3, -0.25) is 0 Å². The molecule has 0 radical (unpaired) electrons. The summed E-state index contributed by atoms with van der Waals surface area (Å²) in [7, 11) is 0. The Balaban J connectivity index is 4.95. The van der Waals surface area contributed by atoms with Crippen molar-refractivity contribution in [3.8, 4) is 0 Å². The van der Waals surface area contributed by atoms with Crippen LogP contribution in [0.15, 0.2) is 36.4 Å². The quantitative estimate of drug-likeness (QED) is 0.250. The van der Waals surface area contributed by atoms with Crippen molar-refractivity contribution in [3.63, 3.8) is 0 Å². The van der Waals surface area contributed by atoms with Crippen molar-refractivity contribution in [1.29, 1.82) is 0 Å². The molecule has 0 saturated carbocycles. The standard InChI is InChI=1S/C24H48N4/c1-9-11-12-16-24(28-21(7)18(3)4)20(6)23(14-10-2)27-19(5)15-13-17-26-22(8)25/h14,18-20,24,26-28H,7-13,15-17,25H2,1-6H3. The van der Waals surface area contributed by atoms with Gasteiger partial charge in [-0.15, -0.1) is 0 Å². The molecule has 164 valence electrons. The van der Waals surface area contributed by atoms with E-state index in [1.807, 2.05) is 0 Å². The fourth-order valence-corrected chi connectivity index (χ4v) is 3.29. The molecule has 0 aliphatic heterocycles. The number of unbranched alkanes of at least 4 members (excludes halogenated alkanes) is 2. The number of hydrogen-bond acceptors (Lipinski definition) is 4. The van der Waals surface area contributed by atoms with Crippen LogP contribution in [0.1, 0.15) is 86.5 Å². The van der Waals surface area contributed by atoms with Crippen LogP contribution in [0, 0.1) is 11.8 Å². The van der Waals surface area contributed by atoms with E-state index >= 15 is 0 Å². The van der Waals surface area contributed by atoms with Crippen molar-refractivity contribution in [1.82, 2.24) is 16.0 Å². The number of nitrogens with two attached hydrogens (primary N) is 1. The summed E-state index contributed by atoms with van der Waals surface area (Å²) in [6.45, 7) is 22.3. The van der Waals surface area contributed by atoms with Crippen LogP contribution in [-0.2, 0) is 0 Å². The molecule has 4 heteroatoms. The van der Waals surface area contributed by atoms with Crippen LogP contribution in [-0.4, -0.2) is 18.6 Å². The summed E-state index contributed by atoms with van der Waals surface area (Å²) in [5, 5.41) is 10.6. The molecular formula is C24H48N4. The van der Waals surface area contributed by atoms with Gasteiger partial charge in [0.25, 0.3) is 0 Å². The van der Waals surface area contributed by atoms with Gasteiger partial charge >= 0.3 is 0 Å². The second-order valence-electron chi connectivity index (χ2n) is 8.42. The maximum absolute atomic E-state index is 5.57. The zero-order valence-corrected chi connectivity index (χ0v) is 19.5. The van der Waals surface area contributed by atoms with Crippen molar-refractivity contribution in [2.75, 3.05) is 6.54 Å². The lowest BCUT2D eigenvalue weighted by Crippen LogP contribution is -2.40. The molecule has 0 aromatic rings. The summed E-state index contributed by atoms with van der Waals surface area (Å²) < 4.78 is 0. The van der Waals surface area contributed by atoms with E-state index in [0.29, 0.717) is 29.7 Å². The first-order valence-electron chi connectivity index (χ1n) is 11.3. The van der Waals surface area contributed by atoms with Gasteiger partial charge in [-0.2, -0.15) is 0 Å². The van der Waals surface area contributed by atoms with Crippen LogP contribution in [0.2, 0.25) is 0 Å². The molecular weight excluding hydrogens is 344 g/mol. The van der Waals surface area contributed by atoms with Crippen LogP contribution in [0.25, 0.3) is 0 Å². The van der Waals surface area contributed by atoms with Gasteiger partial charge < -0.3 is 21.7 Å². The predicted octanol–water partition coefficient (Wildman–Crippen LogP) is 5.40. The van der Waals surface area contributed by atoms with E-state index in [1.54, 1.807) is 0 Å². The normalized spacial score (nSPS) is 15.0. The molecule has 0 aliphatic carbocycles. The fraction of sp³-hybridized carbons (Fsp3) is 0.750. The third kappa shape index (κ3) is 12.0. The largest absolute Gasteiger partial charge is 0.386 e. The zero-order chi connectivity index (χ0) is 21.5. The summed E-state index contributed by atoms with van der Waals surface area (Å²) in [5.41, 5.74) is 8.07. The number of hydrogen-bond donors (Lipinski definition) is 4. The Hall–Kier alpha value is -1.58. The summed E-state index contributed by atoms with van der Waals surface area (Å²) >= 11 is 0. The van der Waals surface area contributed by atoms with Gasteiger partial charge in [-0.25, -0.2) is 0 Å². The summed E-state index contributed by atoms with van der Waals surface area (Å²) in [5.74, 6) is 1.43. The van der Waals surface area contributed by atoms with Crippen LogP contribution in [0.5, 0.6) is 0 Å². The number of allylic oxidation sites excluding steroid dienone is 2. The van der Waals surface area contributed by atoms with Crippen LogP contribution in [0.4, 0.5) is 0 Å². The van der Waals surface area contributed by atoms with Gasteiger partial charge in [0.05, 0.1) is 5.82 Å². The fourth-order valence-electron chi connectivity index (χ4n) is 3.29. The zero-order valence-electron chi connectivity index (χ0n) is 19.5. The molecule has 3 atom stereocenters. The summed E-state index contributed by atoms with van der Waals surface area (Å²) in [6.07, 6.45) is 10.5. The van der Waals surface area contributed by atoms with Crippen molar-refractivity contribution in [2.24, 2.45) is 17.6 Å². The first kappa shape index (κ1) is 26.4. The lowest BCUT2D eigenvalue weighted by atomic mass is 9.91. The lowest BCUT2D eigenvalue weighted by molar-refractivity contribution is 0.369. The highest BCUT2D eigenvalue weighted by atomic mass is 15.0. The average molecular weight is 393 g/mol. The van der Waals surface area contributed by atoms with Gasteiger partial charge in [0, 0.05) is 35.9 Å². The Morgan fingerprint density at radius 3 is 2.18 bits per heavy atom. The highest BCUT2D eigenvalue weighted by molar-refractivity contribution is 5.10. The summed E-state index contributed by atoms with van der Waals surface area (Å²) in [4.78, 5) is 0. The molecule has 0 heterocycles. The highest BCUT2D eigenvalue weighted by Crippen LogP contribution is 2.22. The molecule has 0 saturated heterocycles. The van der Waals surface area contributed by atoms with E-state index in [4.69, 9.17) is 5.73 Å². The topological polar surface area (TPSA) is 62.1 Å². The monoisotopic (exact) mass is 392 g/mol. The second-order valence-corrected chi connectivity index (χ2v) is 8.42. The number of rotatable bonds is 17. The molecule has 0 amide bonds. The van der Waals surface area contributed by atoms with E-state index in [1.165, 1.54) is 31.4 Å². The Labute approximate surface area is 175 Å². The molecule has 0 aromatic carbocycles. The highest BCUT2D eigenvalue weighted by Gasteiger charge is 2.22. The minimum absolute atomic E-state index is 0.418. The van der Waals surface area contributed by atoms with E-state index in [0.717, 1.165) is 31.5 Å². The first-order valence-corrected chi connectivity index (χ1v) is 11.3. The Kier molecular flexibility index (Phi) is 14.5. The Morgan fingerprint density at radius 1 is 0.964 bits per heavy atom. The maximum Gasteiger partial charge on any atom is 0.0885 e. The van der Waals surface area contributed by atoms with E-state index in [9.17, 15) is 0 Å². The maximum atomic E-state index is 5.57. The van der Waals surface area contributed by atoms with Crippen LogP contribution < -0.4 is 21.7 Å². The van der Waals surface area contributed by atoms with Crippen molar-refractivity contribution < 1.29 is 0 Å². The minimum atomic E-state index is 0.418. The molecule has 0 bridgehead atoms. The van der Waals surface area contributed by atoms with E-state index in [2.05, 4.69) is 76.7 Å². The minimum Gasteiger partial charge on any atom is -0.386 e. The molecule has 5 N–H and O–H groups in total. The molecule has 0 fully saturated rings. The molecule has 0 aliphatic rings. The molecule has 28 heavy (non-hydrogen) atoms. The van der Waals surface area contributed by atoms with Crippen molar-refractivity contribution in [3.05, 3.63) is 36.4 Å². The Bertz CT molecular complexity index is 467.